The Balaban J connectivity index is 4.18. The summed E-state index contributed by atoms with van der Waals surface area (Å²) in [5.74, 6) is 0.801. The Morgan fingerprint density at radius 3 is 1.55 bits per heavy atom. The second kappa shape index (κ2) is 4.10. The molecular formula is C10H22O. The smallest absolute Gasteiger partial charge is 0.0670 e. The van der Waals surface area contributed by atoms with Crippen LogP contribution in [0.5, 0.6) is 0 Å². The molecule has 0 radical (unpaired) electrons. The Labute approximate surface area is 70.8 Å². The lowest BCUT2D eigenvalue weighted by Gasteiger charge is -2.35. The van der Waals surface area contributed by atoms with E-state index in [4.69, 9.17) is 0 Å². The average Bonchev–Trinajstić information content (AvgIpc) is 2.01. The lowest BCUT2D eigenvalue weighted by molar-refractivity contribution is -0.0440. The molecule has 0 amide bonds. The van der Waals surface area contributed by atoms with Crippen molar-refractivity contribution in [3.05, 3.63) is 0 Å². The van der Waals surface area contributed by atoms with Gasteiger partial charge in [0.1, 0.15) is 0 Å². The fraction of sp³-hybridized carbons (Fsp3) is 1.00. The molecule has 0 rings (SSSR count). The van der Waals surface area contributed by atoms with Gasteiger partial charge in [-0.25, -0.2) is 0 Å². The highest BCUT2D eigenvalue weighted by molar-refractivity contribution is 4.82. The van der Waals surface area contributed by atoms with Crippen LogP contribution < -0.4 is 0 Å². The highest BCUT2D eigenvalue weighted by Gasteiger charge is 2.31. The van der Waals surface area contributed by atoms with Crippen LogP contribution in [-0.4, -0.2) is 10.7 Å². The van der Waals surface area contributed by atoms with Crippen LogP contribution in [0.2, 0.25) is 0 Å². The lowest BCUT2D eigenvalue weighted by Crippen LogP contribution is -2.39. The molecule has 0 aromatic rings. The monoisotopic (exact) mass is 158 g/mol. The number of aliphatic hydroxyl groups is 1. The number of rotatable bonds is 4. The third kappa shape index (κ3) is 2.48. The molecule has 0 bridgehead atoms. The van der Waals surface area contributed by atoms with Crippen LogP contribution in [-0.2, 0) is 0 Å². The van der Waals surface area contributed by atoms with Gasteiger partial charge in [0.15, 0.2) is 0 Å². The quantitative estimate of drug-likeness (QED) is 0.667. The van der Waals surface area contributed by atoms with E-state index in [1.807, 2.05) is 6.92 Å². The Morgan fingerprint density at radius 1 is 1.09 bits per heavy atom. The maximum atomic E-state index is 10.1. The zero-order valence-corrected chi connectivity index (χ0v) is 8.52. The molecule has 0 unspecified atom stereocenters. The van der Waals surface area contributed by atoms with Crippen LogP contribution in [0, 0.1) is 11.8 Å². The maximum Gasteiger partial charge on any atom is 0.0670 e. The van der Waals surface area contributed by atoms with Gasteiger partial charge >= 0.3 is 0 Å². The molecule has 0 fully saturated rings. The molecule has 1 N–H and O–H groups in total. The number of hydrogen-bond acceptors (Lipinski definition) is 1. The summed E-state index contributed by atoms with van der Waals surface area (Å²) in [5.41, 5.74) is -0.483. The molecule has 11 heavy (non-hydrogen) atoms. The van der Waals surface area contributed by atoms with Gasteiger partial charge in [0.2, 0.25) is 0 Å². The SMILES string of the molecule is CC[C@H](C)C(C)(O)[C@@H](C)CC. The molecule has 0 aromatic carbocycles. The molecule has 0 spiro atoms. The van der Waals surface area contributed by atoms with Crippen molar-refractivity contribution >= 4 is 0 Å². The summed E-state index contributed by atoms with van der Waals surface area (Å²) in [6, 6.07) is 0. The highest BCUT2D eigenvalue weighted by atomic mass is 16.3. The summed E-state index contributed by atoms with van der Waals surface area (Å²) in [5, 5.41) is 10.1. The van der Waals surface area contributed by atoms with Crippen molar-refractivity contribution in [3.63, 3.8) is 0 Å². The van der Waals surface area contributed by atoms with Crippen molar-refractivity contribution in [3.8, 4) is 0 Å². The number of hydrogen-bond donors (Lipinski definition) is 1. The molecule has 2 atom stereocenters. The van der Waals surface area contributed by atoms with E-state index in [9.17, 15) is 5.11 Å². The van der Waals surface area contributed by atoms with E-state index in [1.54, 1.807) is 0 Å². The molecule has 0 saturated carbocycles. The van der Waals surface area contributed by atoms with Gasteiger partial charge in [0.05, 0.1) is 5.60 Å². The summed E-state index contributed by atoms with van der Waals surface area (Å²) in [6.45, 7) is 10.4. The van der Waals surface area contributed by atoms with Crippen molar-refractivity contribution in [2.45, 2.75) is 53.1 Å². The van der Waals surface area contributed by atoms with Crippen molar-refractivity contribution in [1.29, 1.82) is 0 Å². The zero-order valence-electron chi connectivity index (χ0n) is 8.52. The molecule has 0 aliphatic rings. The fourth-order valence-corrected chi connectivity index (χ4v) is 1.31. The Morgan fingerprint density at radius 2 is 1.36 bits per heavy atom. The van der Waals surface area contributed by atoms with Crippen molar-refractivity contribution < 1.29 is 5.11 Å². The minimum atomic E-state index is -0.483. The normalized spacial score (nSPS) is 18.0. The van der Waals surface area contributed by atoms with Gasteiger partial charge in [-0.3, -0.25) is 0 Å². The second-order valence-corrected chi connectivity index (χ2v) is 3.84. The molecular weight excluding hydrogens is 136 g/mol. The summed E-state index contributed by atoms with van der Waals surface area (Å²) < 4.78 is 0. The predicted molar refractivity (Wildman–Crippen MR) is 49.5 cm³/mol. The largest absolute Gasteiger partial charge is 0.390 e. The van der Waals surface area contributed by atoms with Crippen LogP contribution in [0.3, 0.4) is 0 Å². The van der Waals surface area contributed by atoms with Gasteiger partial charge in [-0.1, -0.05) is 40.5 Å². The van der Waals surface area contributed by atoms with Gasteiger partial charge in [0, 0.05) is 0 Å². The fourth-order valence-electron chi connectivity index (χ4n) is 1.31. The molecule has 1 heteroatoms. The molecule has 0 aliphatic carbocycles. The van der Waals surface area contributed by atoms with E-state index in [1.165, 1.54) is 0 Å². The zero-order chi connectivity index (χ0) is 9.07. The summed E-state index contributed by atoms with van der Waals surface area (Å²) >= 11 is 0. The van der Waals surface area contributed by atoms with Gasteiger partial charge in [-0.2, -0.15) is 0 Å². The summed E-state index contributed by atoms with van der Waals surface area (Å²) in [6.07, 6.45) is 2.11. The van der Waals surface area contributed by atoms with E-state index >= 15 is 0 Å². The lowest BCUT2D eigenvalue weighted by atomic mass is 9.78. The summed E-state index contributed by atoms with van der Waals surface area (Å²) in [4.78, 5) is 0. The van der Waals surface area contributed by atoms with Crippen LogP contribution in [0.15, 0.2) is 0 Å². The first-order valence-electron chi connectivity index (χ1n) is 4.69. The third-order valence-corrected chi connectivity index (χ3v) is 3.22. The van der Waals surface area contributed by atoms with E-state index in [-0.39, 0.29) is 0 Å². The standard InChI is InChI=1S/C10H22O/c1-6-8(3)10(5,11)9(4)7-2/h8-9,11H,6-7H2,1-5H3/t8-,9-/m0/s1. The van der Waals surface area contributed by atoms with Crippen LogP contribution in [0.25, 0.3) is 0 Å². The highest BCUT2D eigenvalue weighted by Crippen LogP contribution is 2.29. The molecule has 0 aromatic heterocycles. The van der Waals surface area contributed by atoms with Crippen molar-refractivity contribution in [2.75, 3.05) is 0 Å². The second-order valence-electron chi connectivity index (χ2n) is 3.84. The topological polar surface area (TPSA) is 20.2 Å². The van der Waals surface area contributed by atoms with Gasteiger partial charge in [-0.15, -0.1) is 0 Å². The molecule has 0 saturated heterocycles. The third-order valence-electron chi connectivity index (χ3n) is 3.22. The van der Waals surface area contributed by atoms with Gasteiger partial charge in [0.25, 0.3) is 0 Å². The van der Waals surface area contributed by atoms with E-state index in [2.05, 4.69) is 27.7 Å². The Bertz CT molecular complexity index is 95.4. The van der Waals surface area contributed by atoms with Crippen molar-refractivity contribution in [1.82, 2.24) is 0 Å². The van der Waals surface area contributed by atoms with E-state index in [0.29, 0.717) is 11.8 Å². The van der Waals surface area contributed by atoms with E-state index in [0.717, 1.165) is 12.8 Å². The maximum absolute atomic E-state index is 10.1. The predicted octanol–water partition coefficient (Wildman–Crippen LogP) is 2.83. The minimum Gasteiger partial charge on any atom is -0.390 e. The van der Waals surface area contributed by atoms with Gasteiger partial charge < -0.3 is 5.11 Å². The molecule has 68 valence electrons. The van der Waals surface area contributed by atoms with Crippen LogP contribution in [0.1, 0.15) is 47.5 Å². The minimum absolute atomic E-state index is 0.400. The first kappa shape index (κ1) is 11.0. The Kier molecular flexibility index (Phi) is 4.09. The average molecular weight is 158 g/mol. The van der Waals surface area contributed by atoms with Gasteiger partial charge in [-0.05, 0) is 18.8 Å². The van der Waals surface area contributed by atoms with E-state index < -0.39 is 5.60 Å². The Hall–Kier alpha value is -0.0400. The van der Waals surface area contributed by atoms with Crippen molar-refractivity contribution in [2.24, 2.45) is 11.8 Å². The molecule has 1 nitrogen and oxygen atoms in total. The first-order valence-corrected chi connectivity index (χ1v) is 4.69. The summed E-state index contributed by atoms with van der Waals surface area (Å²) in [7, 11) is 0. The molecule has 0 heterocycles. The van der Waals surface area contributed by atoms with Crippen LogP contribution in [0.4, 0.5) is 0 Å². The van der Waals surface area contributed by atoms with Crippen LogP contribution >= 0.6 is 0 Å². The first-order chi connectivity index (χ1) is 4.96. The molecule has 0 aliphatic heterocycles.